The third-order valence-electron chi connectivity index (χ3n) is 3.17. The molecule has 0 aliphatic carbocycles. The van der Waals surface area contributed by atoms with E-state index >= 15 is 0 Å². The van der Waals surface area contributed by atoms with Gasteiger partial charge in [0.2, 0.25) is 0 Å². The number of nitrogens with one attached hydrogen (secondary N) is 1. The average molecular weight is 270 g/mol. The standard InChI is InChI=1S/C16H18N2O2/c1-11-3-2-4-14(17)15(11)16(20)18-10-9-12-5-7-13(19)8-6-12/h2-8,19H,9-10,17H2,1H3,(H,18,20). The van der Waals surface area contributed by atoms with Crippen molar-refractivity contribution in [3.05, 3.63) is 59.2 Å². The summed E-state index contributed by atoms with van der Waals surface area (Å²) in [6, 6.07) is 12.4. The Balaban J connectivity index is 1.94. The number of phenolic OH excluding ortho intramolecular Hbond substituents is 1. The number of nitrogen functional groups attached to an aromatic ring is 1. The van der Waals surface area contributed by atoms with Crippen LogP contribution in [0.3, 0.4) is 0 Å². The first kappa shape index (κ1) is 13.9. The van der Waals surface area contributed by atoms with E-state index in [0.717, 1.165) is 11.1 Å². The lowest BCUT2D eigenvalue weighted by Crippen LogP contribution is -2.27. The van der Waals surface area contributed by atoms with E-state index in [9.17, 15) is 9.90 Å². The molecule has 0 fully saturated rings. The molecule has 0 radical (unpaired) electrons. The largest absolute Gasteiger partial charge is 0.508 e. The fraction of sp³-hybridized carbons (Fsp3) is 0.188. The second-order valence-corrected chi connectivity index (χ2v) is 4.71. The molecule has 2 rings (SSSR count). The molecule has 0 saturated carbocycles. The number of amides is 1. The molecule has 0 heterocycles. The molecule has 0 spiro atoms. The molecule has 0 atom stereocenters. The maximum atomic E-state index is 12.1. The van der Waals surface area contributed by atoms with Gasteiger partial charge in [0.05, 0.1) is 5.56 Å². The number of phenols is 1. The maximum Gasteiger partial charge on any atom is 0.253 e. The van der Waals surface area contributed by atoms with Crippen molar-refractivity contribution >= 4 is 11.6 Å². The Morgan fingerprint density at radius 2 is 1.90 bits per heavy atom. The van der Waals surface area contributed by atoms with Crippen LogP contribution in [0.1, 0.15) is 21.5 Å². The van der Waals surface area contributed by atoms with Gasteiger partial charge in [-0.3, -0.25) is 4.79 Å². The summed E-state index contributed by atoms with van der Waals surface area (Å²) in [6.07, 6.45) is 0.706. The molecule has 104 valence electrons. The highest BCUT2D eigenvalue weighted by molar-refractivity contribution is 6.00. The van der Waals surface area contributed by atoms with Crippen LogP contribution in [0.2, 0.25) is 0 Å². The van der Waals surface area contributed by atoms with Crippen LogP contribution in [0.15, 0.2) is 42.5 Å². The third kappa shape index (κ3) is 3.29. The van der Waals surface area contributed by atoms with Crippen LogP contribution in [0, 0.1) is 6.92 Å². The normalized spacial score (nSPS) is 10.2. The SMILES string of the molecule is Cc1cccc(N)c1C(=O)NCCc1ccc(O)cc1. The zero-order valence-electron chi connectivity index (χ0n) is 11.4. The highest BCUT2D eigenvalue weighted by atomic mass is 16.3. The first-order valence-electron chi connectivity index (χ1n) is 6.49. The van der Waals surface area contributed by atoms with E-state index in [0.29, 0.717) is 24.2 Å². The van der Waals surface area contributed by atoms with Crippen LogP contribution >= 0.6 is 0 Å². The predicted molar refractivity (Wildman–Crippen MR) is 79.7 cm³/mol. The molecule has 0 aromatic heterocycles. The molecule has 0 aliphatic rings. The van der Waals surface area contributed by atoms with Crippen LogP contribution < -0.4 is 11.1 Å². The lowest BCUT2D eigenvalue weighted by atomic mass is 10.1. The van der Waals surface area contributed by atoms with E-state index in [2.05, 4.69) is 5.32 Å². The Kier molecular flexibility index (Phi) is 4.25. The van der Waals surface area contributed by atoms with Crippen molar-refractivity contribution in [2.75, 3.05) is 12.3 Å². The maximum absolute atomic E-state index is 12.1. The number of carbonyl (C=O) groups excluding carboxylic acids is 1. The molecular weight excluding hydrogens is 252 g/mol. The lowest BCUT2D eigenvalue weighted by molar-refractivity contribution is 0.0954. The second-order valence-electron chi connectivity index (χ2n) is 4.71. The number of aromatic hydroxyl groups is 1. The molecule has 0 bridgehead atoms. The Morgan fingerprint density at radius 3 is 2.55 bits per heavy atom. The summed E-state index contributed by atoms with van der Waals surface area (Å²) in [4.78, 5) is 12.1. The smallest absolute Gasteiger partial charge is 0.253 e. The van der Waals surface area contributed by atoms with Crippen molar-refractivity contribution in [2.24, 2.45) is 0 Å². The van der Waals surface area contributed by atoms with Gasteiger partial charge >= 0.3 is 0 Å². The quantitative estimate of drug-likeness (QED) is 0.746. The third-order valence-corrected chi connectivity index (χ3v) is 3.17. The van der Waals surface area contributed by atoms with Crippen LogP contribution in [-0.4, -0.2) is 17.6 Å². The van der Waals surface area contributed by atoms with Gasteiger partial charge in [0, 0.05) is 12.2 Å². The summed E-state index contributed by atoms with van der Waals surface area (Å²) in [5.41, 5.74) is 8.79. The number of aryl methyl sites for hydroxylation is 1. The van der Waals surface area contributed by atoms with Crippen molar-refractivity contribution in [3.8, 4) is 5.75 Å². The van der Waals surface area contributed by atoms with Gasteiger partial charge in [-0.2, -0.15) is 0 Å². The van der Waals surface area contributed by atoms with Gasteiger partial charge in [0.15, 0.2) is 0 Å². The van der Waals surface area contributed by atoms with Gasteiger partial charge in [-0.15, -0.1) is 0 Å². The van der Waals surface area contributed by atoms with Crippen molar-refractivity contribution in [3.63, 3.8) is 0 Å². The molecule has 4 heteroatoms. The Labute approximate surface area is 118 Å². The monoisotopic (exact) mass is 270 g/mol. The van der Waals surface area contributed by atoms with Crippen molar-refractivity contribution in [1.82, 2.24) is 5.32 Å². The molecule has 2 aromatic carbocycles. The fourth-order valence-corrected chi connectivity index (χ4v) is 2.07. The molecule has 0 aliphatic heterocycles. The summed E-state index contributed by atoms with van der Waals surface area (Å²) in [5, 5.41) is 12.1. The number of carbonyl (C=O) groups is 1. The summed E-state index contributed by atoms with van der Waals surface area (Å²) in [6.45, 7) is 2.39. The van der Waals surface area contributed by atoms with Gasteiger partial charge in [-0.25, -0.2) is 0 Å². The van der Waals surface area contributed by atoms with E-state index in [1.54, 1.807) is 18.2 Å². The highest BCUT2D eigenvalue weighted by Crippen LogP contribution is 2.16. The molecule has 0 saturated heterocycles. The van der Waals surface area contributed by atoms with Crippen LogP contribution in [0.25, 0.3) is 0 Å². The molecule has 4 nitrogen and oxygen atoms in total. The molecule has 4 N–H and O–H groups in total. The molecule has 1 amide bonds. The first-order valence-corrected chi connectivity index (χ1v) is 6.49. The zero-order chi connectivity index (χ0) is 14.5. The van der Waals surface area contributed by atoms with E-state index < -0.39 is 0 Å². The van der Waals surface area contributed by atoms with Crippen LogP contribution in [0.4, 0.5) is 5.69 Å². The number of hydrogen-bond donors (Lipinski definition) is 3. The van der Waals surface area contributed by atoms with Gasteiger partial charge in [0.25, 0.3) is 5.91 Å². The second kappa shape index (κ2) is 6.10. The topological polar surface area (TPSA) is 75.4 Å². The van der Waals surface area contributed by atoms with Crippen molar-refractivity contribution < 1.29 is 9.90 Å². The average Bonchev–Trinajstić information content (AvgIpc) is 2.41. The molecule has 0 unspecified atom stereocenters. The Bertz CT molecular complexity index is 586. The fourth-order valence-electron chi connectivity index (χ4n) is 2.07. The van der Waals surface area contributed by atoms with E-state index in [-0.39, 0.29) is 11.7 Å². The van der Waals surface area contributed by atoms with Crippen LogP contribution in [-0.2, 0) is 6.42 Å². The highest BCUT2D eigenvalue weighted by Gasteiger charge is 2.11. The number of nitrogens with two attached hydrogens (primary N) is 1. The minimum atomic E-state index is -0.153. The first-order chi connectivity index (χ1) is 9.58. The minimum Gasteiger partial charge on any atom is -0.508 e. The molecular formula is C16H18N2O2. The van der Waals surface area contributed by atoms with Gasteiger partial charge in [0.1, 0.15) is 5.75 Å². The zero-order valence-corrected chi connectivity index (χ0v) is 11.4. The van der Waals surface area contributed by atoms with Crippen molar-refractivity contribution in [1.29, 1.82) is 0 Å². The number of anilines is 1. The number of rotatable bonds is 4. The molecule has 2 aromatic rings. The Morgan fingerprint density at radius 1 is 1.20 bits per heavy atom. The Hall–Kier alpha value is -2.49. The summed E-state index contributed by atoms with van der Waals surface area (Å²) in [7, 11) is 0. The summed E-state index contributed by atoms with van der Waals surface area (Å²) in [5.74, 6) is 0.0878. The van der Waals surface area contributed by atoms with E-state index in [1.807, 2.05) is 31.2 Å². The van der Waals surface area contributed by atoms with Gasteiger partial charge in [-0.1, -0.05) is 24.3 Å². The molecule has 20 heavy (non-hydrogen) atoms. The summed E-state index contributed by atoms with van der Waals surface area (Å²) < 4.78 is 0. The predicted octanol–water partition coefficient (Wildman–Crippen LogP) is 2.26. The van der Waals surface area contributed by atoms with E-state index in [1.165, 1.54) is 0 Å². The van der Waals surface area contributed by atoms with E-state index in [4.69, 9.17) is 5.73 Å². The minimum absolute atomic E-state index is 0.153. The lowest BCUT2D eigenvalue weighted by Gasteiger charge is -2.10. The van der Waals surface area contributed by atoms with Crippen LogP contribution in [0.5, 0.6) is 5.75 Å². The number of benzene rings is 2. The van der Waals surface area contributed by atoms with Crippen molar-refractivity contribution in [2.45, 2.75) is 13.3 Å². The number of hydrogen-bond acceptors (Lipinski definition) is 3. The van der Waals surface area contributed by atoms with Gasteiger partial charge in [-0.05, 0) is 42.7 Å². The van der Waals surface area contributed by atoms with Gasteiger partial charge < -0.3 is 16.2 Å². The summed E-state index contributed by atoms with van der Waals surface area (Å²) >= 11 is 0.